The molecule has 3 rings (SSSR count). The van der Waals surface area contributed by atoms with Crippen molar-refractivity contribution in [2.75, 3.05) is 30.8 Å². The molecule has 3 aromatic rings. The van der Waals surface area contributed by atoms with E-state index in [0.717, 1.165) is 12.1 Å². The number of carbonyl (C=O) groups is 2. The Bertz CT molecular complexity index is 1020. The van der Waals surface area contributed by atoms with E-state index in [1.165, 1.54) is 6.07 Å². The van der Waals surface area contributed by atoms with Crippen LogP contribution in [0, 0.1) is 11.6 Å². The van der Waals surface area contributed by atoms with Gasteiger partial charge in [0, 0.05) is 24.3 Å². The molecule has 0 spiro atoms. The Balaban J connectivity index is 1.81. The Hall–Kier alpha value is -3.79. The molecule has 4 N–H and O–H groups in total. The van der Waals surface area contributed by atoms with E-state index in [-0.39, 0.29) is 23.5 Å². The molecule has 0 radical (unpaired) electrons. The van der Waals surface area contributed by atoms with E-state index in [2.05, 4.69) is 26.3 Å². The van der Waals surface area contributed by atoms with Gasteiger partial charge in [-0.15, -0.1) is 0 Å². The Morgan fingerprint density at radius 1 is 1.10 bits per heavy atom. The van der Waals surface area contributed by atoms with Crippen LogP contribution in [0.25, 0.3) is 11.5 Å². The smallest absolute Gasteiger partial charge is 0.251 e. The summed E-state index contributed by atoms with van der Waals surface area (Å²) in [6, 6.07) is 9.78. The highest BCUT2D eigenvalue weighted by Crippen LogP contribution is 2.33. The molecule has 156 valence electrons. The average Bonchev–Trinajstić information content (AvgIpc) is 3.10. The summed E-state index contributed by atoms with van der Waals surface area (Å²) in [5, 5.41) is 10.9. The van der Waals surface area contributed by atoms with Gasteiger partial charge in [0.1, 0.15) is 17.2 Å². The maximum Gasteiger partial charge on any atom is 0.251 e. The molecule has 0 aliphatic rings. The first kappa shape index (κ1) is 20.9. The molecule has 0 saturated heterocycles. The number of anilines is 3. The fourth-order valence-corrected chi connectivity index (χ4v) is 2.61. The van der Waals surface area contributed by atoms with Crippen molar-refractivity contribution in [3.63, 3.8) is 0 Å². The zero-order chi connectivity index (χ0) is 21.5. The molecular formula is C20H19F2N5O3. The Morgan fingerprint density at radius 3 is 2.43 bits per heavy atom. The SMILES string of the molecule is CNCCNC(=O)c1ccc(Nc2oc(-c3c(F)cccc3F)nc2NC=O)cc1. The van der Waals surface area contributed by atoms with E-state index in [1.807, 2.05) is 0 Å². The molecule has 30 heavy (non-hydrogen) atoms. The zero-order valence-electron chi connectivity index (χ0n) is 16.0. The van der Waals surface area contributed by atoms with E-state index in [4.69, 9.17) is 4.42 Å². The fourth-order valence-electron chi connectivity index (χ4n) is 2.61. The summed E-state index contributed by atoms with van der Waals surface area (Å²) >= 11 is 0. The van der Waals surface area contributed by atoms with Crippen molar-refractivity contribution in [2.24, 2.45) is 0 Å². The largest absolute Gasteiger partial charge is 0.418 e. The number of halogens is 2. The molecular weight excluding hydrogens is 396 g/mol. The number of hydrogen-bond acceptors (Lipinski definition) is 6. The summed E-state index contributed by atoms with van der Waals surface area (Å²) in [4.78, 5) is 26.9. The number of nitrogens with zero attached hydrogens (tertiary/aromatic N) is 1. The van der Waals surface area contributed by atoms with Gasteiger partial charge in [-0.3, -0.25) is 9.59 Å². The van der Waals surface area contributed by atoms with Crippen molar-refractivity contribution in [3.8, 4) is 11.5 Å². The van der Waals surface area contributed by atoms with Gasteiger partial charge in [-0.05, 0) is 43.4 Å². The molecule has 8 nitrogen and oxygen atoms in total. The second-order valence-corrected chi connectivity index (χ2v) is 6.12. The third kappa shape index (κ3) is 4.78. The highest BCUT2D eigenvalue weighted by Gasteiger charge is 2.21. The van der Waals surface area contributed by atoms with Gasteiger partial charge in [-0.25, -0.2) is 8.78 Å². The van der Waals surface area contributed by atoms with Gasteiger partial charge >= 0.3 is 0 Å². The van der Waals surface area contributed by atoms with Crippen molar-refractivity contribution >= 4 is 29.7 Å². The minimum absolute atomic E-state index is 0.0222. The molecule has 0 bridgehead atoms. The zero-order valence-corrected chi connectivity index (χ0v) is 16.0. The van der Waals surface area contributed by atoms with Crippen LogP contribution in [0.1, 0.15) is 10.4 Å². The number of nitrogens with one attached hydrogen (secondary N) is 4. The van der Waals surface area contributed by atoms with Crippen LogP contribution in [0.15, 0.2) is 46.9 Å². The maximum atomic E-state index is 14.0. The molecule has 1 aromatic heterocycles. The lowest BCUT2D eigenvalue weighted by Gasteiger charge is -2.07. The second kappa shape index (κ2) is 9.61. The van der Waals surface area contributed by atoms with Crippen molar-refractivity contribution in [1.29, 1.82) is 0 Å². The molecule has 0 aliphatic carbocycles. The maximum absolute atomic E-state index is 14.0. The van der Waals surface area contributed by atoms with E-state index in [9.17, 15) is 18.4 Å². The number of rotatable bonds is 9. The second-order valence-electron chi connectivity index (χ2n) is 6.12. The molecule has 2 amide bonds. The lowest BCUT2D eigenvalue weighted by atomic mass is 10.2. The number of amides is 2. The van der Waals surface area contributed by atoms with Crippen LogP contribution in [0.2, 0.25) is 0 Å². The van der Waals surface area contributed by atoms with Crippen molar-refractivity contribution < 1.29 is 22.8 Å². The summed E-state index contributed by atoms with van der Waals surface area (Å²) < 4.78 is 33.5. The summed E-state index contributed by atoms with van der Waals surface area (Å²) in [5.41, 5.74) is 0.509. The van der Waals surface area contributed by atoms with Crippen molar-refractivity contribution in [1.82, 2.24) is 15.6 Å². The number of oxazole rings is 1. The normalized spacial score (nSPS) is 10.5. The number of carbonyl (C=O) groups excluding carboxylic acids is 2. The highest BCUT2D eigenvalue weighted by atomic mass is 19.1. The minimum Gasteiger partial charge on any atom is -0.418 e. The summed E-state index contributed by atoms with van der Waals surface area (Å²) in [6.45, 7) is 1.14. The highest BCUT2D eigenvalue weighted by molar-refractivity contribution is 5.94. The van der Waals surface area contributed by atoms with Crippen LogP contribution in [-0.2, 0) is 4.79 Å². The predicted octanol–water partition coefficient (Wildman–Crippen LogP) is 2.88. The molecule has 0 aliphatic heterocycles. The topological polar surface area (TPSA) is 108 Å². The van der Waals surface area contributed by atoms with Gasteiger partial charge in [0.05, 0.1) is 0 Å². The van der Waals surface area contributed by atoms with Gasteiger partial charge in [0.15, 0.2) is 5.82 Å². The molecule has 1 heterocycles. The van der Waals surface area contributed by atoms with Crippen LogP contribution >= 0.6 is 0 Å². The van der Waals surface area contributed by atoms with Gasteiger partial charge < -0.3 is 25.7 Å². The number of aromatic nitrogens is 1. The number of benzene rings is 2. The number of likely N-dealkylation sites (N-methyl/N-ethyl adjacent to an activating group) is 1. The van der Waals surface area contributed by atoms with Crippen LogP contribution < -0.4 is 21.3 Å². The lowest BCUT2D eigenvalue weighted by Crippen LogP contribution is -2.30. The first-order valence-corrected chi connectivity index (χ1v) is 8.98. The Kier molecular flexibility index (Phi) is 6.71. The molecule has 2 aromatic carbocycles. The molecule has 10 heteroatoms. The molecule has 0 saturated carbocycles. The van der Waals surface area contributed by atoms with Gasteiger partial charge in [0.2, 0.25) is 18.2 Å². The van der Waals surface area contributed by atoms with E-state index < -0.39 is 17.2 Å². The predicted molar refractivity (Wildman–Crippen MR) is 108 cm³/mol. The monoisotopic (exact) mass is 415 g/mol. The first-order chi connectivity index (χ1) is 14.5. The Labute approximate surface area is 170 Å². The van der Waals surface area contributed by atoms with Crippen LogP contribution in [0.3, 0.4) is 0 Å². The molecule has 0 fully saturated rings. The first-order valence-electron chi connectivity index (χ1n) is 8.98. The van der Waals surface area contributed by atoms with Crippen LogP contribution in [0.5, 0.6) is 0 Å². The van der Waals surface area contributed by atoms with Crippen LogP contribution in [-0.4, -0.2) is 37.4 Å². The third-order valence-corrected chi connectivity index (χ3v) is 4.06. The quantitative estimate of drug-likeness (QED) is 0.316. The Morgan fingerprint density at radius 2 is 1.80 bits per heavy atom. The third-order valence-electron chi connectivity index (χ3n) is 4.06. The van der Waals surface area contributed by atoms with Crippen molar-refractivity contribution in [2.45, 2.75) is 0 Å². The number of hydrogen-bond donors (Lipinski definition) is 4. The minimum atomic E-state index is -0.853. The summed E-state index contributed by atoms with van der Waals surface area (Å²) in [5.74, 6) is -2.33. The van der Waals surface area contributed by atoms with E-state index in [0.29, 0.717) is 30.8 Å². The van der Waals surface area contributed by atoms with Gasteiger partial charge in [-0.1, -0.05) is 6.07 Å². The average molecular weight is 415 g/mol. The standard InChI is InChI=1S/C20H19F2N5O3/c1-23-9-10-24-18(29)12-5-7-13(8-6-12)26-20-17(25-11-28)27-19(30-20)16-14(21)3-2-4-15(16)22/h2-8,11,23,26H,9-10H2,1H3,(H,24,29)(H,25,28). The van der Waals surface area contributed by atoms with Crippen LogP contribution in [0.4, 0.5) is 26.2 Å². The molecule has 0 unspecified atom stereocenters. The summed E-state index contributed by atoms with van der Waals surface area (Å²) in [7, 11) is 1.79. The lowest BCUT2D eigenvalue weighted by molar-refractivity contribution is -0.105. The van der Waals surface area contributed by atoms with E-state index >= 15 is 0 Å². The fraction of sp³-hybridized carbons (Fsp3) is 0.150. The van der Waals surface area contributed by atoms with Gasteiger partial charge in [-0.2, -0.15) is 4.98 Å². The van der Waals surface area contributed by atoms with Gasteiger partial charge in [0.25, 0.3) is 5.91 Å². The summed E-state index contributed by atoms with van der Waals surface area (Å²) in [6.07, 6.45) is 0.364. The van der Waals surface area contributed by atoms with Crippen molar-refractivity contribution in [3.05, 3.63) is 59.7 Å². The van der Waals surface area contributed by atoms with E-state index in [1.54, 1.807) is 31.3 Å². The molecule has 0 atom stereocenters.